The van der Waals surface area contributed by atoms with Crippen molar-refractivity contribution in [2.45, 2.75) is 25.8 Å². The zero-order valence-electron chi connectivity index (χ0n) is 11.1. The van der Waals surface area contributed by atoms with Crippen LogP contribution in [-0.4, -0.2) is 46.5 Å². The normalized spacial score (nSPS) is 17.2. The van der Waals surface area contributed by atoms with Gasteiger partial charge in [0.1, 0.15) is 5.69 Å². The number of hydrogen-bond donors (Lipinski definition) is 3. The molecule has 1 saturated heterocycles. The first kappa shape index (κ1) is 13.7. The highest BCUT2D eigenvalue weighted by Crippen LogP contribution is 2.08. The van der Waals surface area contributed by atoms with Gasteiger partial charge in [0, 0.05) is 12.6 Å². The van der Waals surface area contributed by atoms with Crippen LogP contribution in [0.15, 0.2) is 12.4 Å². The number of nitrogens with one attached hydrogen (secondary N) is 2. The summed E-state index contributed by atoms with van der Waals surface area (Å²) in [5, 5.41) is 2.92. The molecule has 2 rings (SSSR count). The van der Waals surface area contributed by atoms with Crippen LogP contribution in [0, 0.1) is 0 Å². The third kappa shape index (κ3) is 3.87. The maximum atomic E-state index is 12.0. The monoisotopic (exact) mass is 264 g/mol. The van der Waals surface area contributed by atoms with E-state index in [2.05, 4.69) is 25.6 Å². The standard InChI is InChI=1S/C12H20N6O/c1-9(8-18-4-2-3-5-18)15-12(19)10-6-14-7-11(16-10)17-13/h6-7,9H,2-5,8,13H2,1H3,(H,15,19)(H,16,17). The lowest BCUT2D eigenvalue weighted by Gasteiger charge is -2.20. The molecule has 4 N–H and O–H groups in total. The van der Waals surface area contributed by atoms with Crippen molar-refractivity contribution in [1.29, 1.82) is 0 Å². The van der Waals surface area contributed by atoms with Crippen LogP contribution in [0.3, 0.4) is 0 Å². The van der Waals surface area contributed by atoms with Gasteiger partial charge in [0.05, 0.1) is 12.4 Å². The van der Waals surface area contributed by atoms with Crippen molar-refractivity contribution in [1.82, 2.24) is 20.2 Å². The van der Waals surface area contributed by atoms with Gasteiger partial charge in [-0.25, -0.2) is 10.8 Å². The molecule has 1 atom stereocenters. The number of amides is 1. The Hall–Kier alpha value is -1.73. The summed E-state index contributed by atoms with van der Waals surface area (Å²) in [7, 11) is 0. The molecule has 7 heteroatoms. The summed E-state index contributed by atoms with van der Waals surface area (Å²) < 4.78 is 0. The van der Waals surface area contributed by atoms with Gasteiger partial charge >= 0.3 is 0 Å². The van der Waals surface area contributed by atoms with Gasteiger partial charge in [-0.05, 0) is 32.9 Å². The number of rotatable bonds is 5. The summed E-state index contributed by atoms with van der Waals surface area (Å²) in [6.07, 6.45) is 5.38. The van der Waals surface area contributed by atoms with Gasteiger partial charge in [-0.2, -0.15) is 0 Å². The third-order valence-corrected chi connectivity index (χ3v) is 3.12. The molecular formula is C12H20N6O. The Bertz CT molecular complexity index is 432. The van der Waals surface area contributed by atoms with E-state index >= 15 is 0 Å². The smallest absolute Gasteiger partial charge is 0.271 e. The molecule has 1 aliphatic heterocycles. The molecule has 0 saturated carbocycles. The number of hydrazine groups is 1. The van der Waals surface area contributed by atoms with E-state index in [0.29, 0.717) is 5.82 Å². The minimum Gasteiger partial charge on any atom is -0.347 e. The lowest BCUT2D eigenvalue weighted by atomic mass is 10.3. The van der Waals surface area contributed by atoms with Crippen molar-refractivity contribution in [3.8, 4) is 0 Å². The third-order valence-electron chi connectivity index (χ3n) is 3.12. The Labute approximate surface area is 112 Å². The SMILES string of the molecule is CC(CN1CCCC1)NC(=O)c1cncc(NN)n1. The molecule has 19 heavy (non-hydrogen) atoms. The number of hydrogen-bond acceptors (Lipinski definition) is 6. The lowest BCUT2D eigenvalue weighted by molar-refractivity contribution is 0.0926. The maximum Gasteiger partial charge on any atom is 0.271 e. The van der Waals surface area contributed by atoms with E-state index in [1.165, 1.54) is 25.2 Å². The van der Waals surface area contributed by atoms with Crippen LogP contribution < -0.4 is 16.6 Å². The highest BCUT2D eigenvalue weighted by molar-refractivity contribution is 5.92. The molecule has 1 amide bonds. The van der Waals surface area contributed by atoms with Crippen molar-refractivity contribution >= 4 is 11.7 Å². The summed E-state index contributed by atoms with van der Waals surface area (Å²) in [6.45, 7) is 5.10. The van der Waals surface area contributed by atoms with E-state index in [-0.39, 0.29) is 17.6 Å². The molecular weight excluding hydrogens is 244 g/mol. The summed E-state index contributed by atoms with van der Waals surface area (Å²) in [6, 6.07) is 0.0851. The maximum absolute atomic E-state index is 12.0. The molecule has 0 bridgehead atoms. The summed E-state index contributed by atoms with van der Waals surface area (Å²) >= 11 is 0. The average molecular weight is 264 g/mol. The minimum atomic E-state index is -0.226. The number of carbonyl (C=O) groups is 1. The van der Waals surface area contributed by atoms with Crippen LogP contribution in [0.5, 0.6) is 0 Å². The van der Waals surface area contributed by atoms with E-state index in [9.17, 15) is 4.79 Å². The second-order valence-corrected chi connectivity index (χ2v) is 4.82. The Balaban J connectivity index is 1.88. The predicted octanol–water partition coefficient (Wildman–Crippen LogP) is -0.0237. The Morgan fingerprint density at radius 2 is 2.21 bits per heavy atom. The number of nitrogens with zero attached hydrogens (tertiary/aromatic N) is 3. The van der Waals surface area contributed by atoms with Crippen LogP contribution in [0.2, 0.25) is 0 Å². The first-order valence-corrected chi connectivity index (χ1v) is 6.51. The van der Waals surface area contributed by atoms with E-state index in [1.54, 1.807) is 0 Å². The number of likely N-dealkylation sites (tertiary alicyclic amines) is 1. The van der Waals surface area contributed by atoms with Gasteiger partial charge in [0.2, 0.25) is 0 Å². The second-order valence-electron chi connectivity index (χ2n) is 4.82. The fourth-order valence-corrected chi connectivity index (χ4v) is 2.24. The van der Waals surface area contributed by atoms with Crippen molar-refractivity contribution in [2.24, 2.45) is 5.84 Å². The first-order chi connectivity index (χ1) is 9.19. The molecule has 1 aliphatic rings. The van der Waals surface area contributed by atoms with Gasteiger partial charge in [-0.15, -0.1) is 0 Å². The topological polar surface area (TPSA) is 96.2 Å². The highest BCUT2D eigenvalue weighted by atomic mass is 16.2. The molecule has 1 unspecified atom stereocenters. The van der Waals surface area contributed by atoms with Crippen LogP contribution in [-0.2, 0) is 0 Å². The Morgan fingerprint density at radius 1 is 1.47 bits per heavy atom. The molecule has 1 aromatic heterocycles. The van der Waals surface area contributed by atoms with Crippen LogP contribution in [0.4, 0.5) is 5.82 Å². The van der Waals surface area contributed by atoms with Gasteiger partial charge in [0.25, 0.3) is 5.91 Å². The fraction of sp³-hybridized carbons (Fsp3) is 0.583. The van der Waals surface area contributed by atoms with Gasteiger partial charge in [-0.3, -0.25) is 9.78 Å². The largest absolute Gasteiger partial charge is 0.347 e. The summed E-state index contributed by atoms with van der Waals surface area (Å²) in [4.78, 5) is 22.3. The molecule has 1 aromatic rings. The number of nitrogen functional groups attached to an aromatic ring is 1. The number of anilines is 1. The zero-order valence-corrected chi connectivity index (χ0v) is 11.1. The molecule has 0 radical (unpaired) electrons. The van der Waals surface area contributed by atoms with Crippen LogP contribution >= 0.6 is 0 Å². The van der Waals surface area contributed by atoms with E-state index < -0.39 is 0 Å². The molecule has 0 spiro atoms. The minimum absolute atomic E-state index is 0.0851. The van der Waals surface area contributed by atoms with Crippen molar-refractivity contribution < 1.29 is 4.79 Å². The quantitative estimate of drug-likeness (QED) is 0.511. The predicted molar refractivity (Wildman–Crippen MR) is 72.4 cm³/mol. The van der Waals surface area contributed by atoms with Gasteiger partial charge in [-0.1, -0.05) is 0 Å². The van der Waals surface area contributed by atoms with Crippen LogP contribution in [0.25, 0.3) is 0 Å². The van der Waals surface area contributed by atoms with Crippen molar-refractivity contribution in [2.75, 3.05) is 25.1 Å². The zero-order chi connectivity index (χ0) is 13.7. The number of nitrogens with two attached hydrogens (primary N) is 1. The van der Waals surface area contributed by atoms with Gasteiger partial charge < -0.3 is 15.6 Å². The highest BCUT2D eigenvalue weighted by Gasteiger charge is 2.17. The lowest BCUT2D eigenvalue weighted by Crippen LogP contribution is -2.41. The fourth-order valence-electron chi connectivity index (χ4n) is 2.24. The van der Waals surface area contributed by atoms with E-state index in [4.69, 9.17) is 5.84 Å². The summed E-state index contributed by atoms with van der Waals surface area (Å²) in [5.41, 5.74) is 2.64. The molecule has 0 aliphatic carbocycles. The van der Waals surface area contributed by atoms with Gasteiger partial charge in [0.15, 0.2) is 5.82 Å². The summed E-state index contributed by atoms with van der Waals surface area (Å²) in [5.74, 6) is 5.39. The second kappa shape index (κ2) is 6.44. The molecule has 0 aromatic carbocycles. The first-order valence-electron chi connectivity index (χ1n) is 6.51. The number of aromatic nitrogens is 2. The average Bonchev–Trinajstić information content (AvgIpc) is 2.91. The molecule has 104 valence electrons. The molecule has 1 fully saturated rings. The number of carbonyl (C=O) groups excluding carboxylic acids is 1. The molecule has 2 heterocycles. The van der Waals surface area contributed by atoms with Crippen LogP contribution in [0.1, 0.15) is 30.3 Å². The Morgan fingerprint density at radius 3 is 2.89 bits per heavy atom. The molecule has 7 nitrogen and oxygen atoms in total. The van der Waals surface area contributed by atoms with Crippen molar-refractivity contribution in [3.05, 3.63) is 18.1 Å². The van der Waals surface area contributed by atoms with E-state index in [1.807, 2.05) is 6.92 Å². The Kier molecular flexibility index (Phi) is 4.64. The van der Waals surface area contributed by atoms with Crippen molar-refractivity contribution in [3.63, 3.8) is 0 Å². The van der Waals surface area contributed by atoms with E-state index in [0.717, 1.165) is 19.6 Å².